The van der Waals surface area contributed by atoms with Crippen molar-refractivity contribution in [1.29, 1.82) is 0 Å². The van der Waals surface area contributed by atoms with E-state index >= 15 is 0 Å². The Morgan fingerprint density at radius 2 is 1.61 bits per heavy atom. The fourth-order valence-electron chi connectivity index (χ4n) is 4.42. The third-order valence-electron chi connectivity index (χ3n) is 6.76. The Morgan fingerprint density at radius 1 is 0.951 bits per heavy atom. The fraction of sp³-hybridized carbons (Fsp3) is 0.250. The number of aromatic nitrogens is 1. The minimum atomic E-state index is -4.86. The lowest BCUT2D eigenvalue weighted by atomic mass is 9.99. The number of ether oxygens (including phenoxy) is 2. The quantitative estimate of drug-likeness (QED) is 0.204. The van der Waals surface area contributed by atoms with Crippen LogP contribution in [0.5, 0.6) is 5.75 Å². The van der Waals surface area contributed by atoms with Gasteiger partial charge in [-0.3, -0.25) is 4.79 Å². The van der Waals surface area contributed by atoms with Crippen LogP contribution in [0.3, 0.4) is 0 Å². The third kappa shape index (κ3) is 7.05. The van der Waals surface area contributed by atoms with Crippen molar-refractivity contribution in [3.05, 3.63) is 106 Å². The molecule has 0 aliphatic rings. The number of halogens is 3. The van der Waals surface area contributed by atoms with E-state index in [9.17, 15) is 22.8 Å². The Labute approximate surface area is 235 Å². The molecule has 0 bridgehead atoms. The second-order valence-corrected chi connectivity index (χ2v) is 10.2. The molecule has 0 saturated carbocycles. The predicted molar refractivity (Wildman–Crippen MR) is 150 cm³/mol. The number of rotatable bonds is 10. The molecule has 41 heavy (non-hydrogen) atoms. The highest BCUT2D eigenvalue weighted by Crippen LogP contribution is 2.34. The van der Waals surface area contributed by atoms with Crippen molar-refractivity contribution >= 4 is 28.7 Å². The average molecular weight is 566 g/mol. The van der Waals surface area contributed by atoms with Gasteiger partial charge in [0.25, 0.3) is 0 Å². The summed E-state index contributed by atoms with van der Waals surface area (Å²) in [6, 6.07) is 18.7. The summed E-state index contributed by atoms with van der Waals surface area (Å²) in [4.78, 5) is 24.7. The van der Waals surface area contributed by atoms with Crippen LogP contribution in [0.25, 0.3) is 17.0 Å². The van der Waals surface area contributed by atoms with Crippen LogP contribution < -0.4 is 4.74 Å². The number of carboxylic acid groups (broad SMARTS) is 1. The highest BCUT2D eigenvalue weighted by Gasteiger charge is 2.32. The van der Waals surface area contributed by atoms with Gasteiger partial charge in [0, 0.05) is 28.7 Å². The van der Waals surface area contributed by atoms with Crippen molar-refractivity contribution < 1.29 is 37.3 Å². The molecule has 0 radical (unpaired) electrons. The molecule has 0 amide bonds. The number of carbonyl (C=O) groups excluding carboxylic acids is 1. The van der Waals surface area contributed by atoms with E-state index in [1.807, 2.05) is 54.0 Å². The molecule has 1 heterocycles. The van der Waals surface area contributed by atoms with E-state index in [1.54, 1.807) is 25.1 Å². The van der Waals surface area contributed by atoms with Crippen molar-refractivity contribution in [2.24, 2.45) is 0 Å². The summed E-state index contributed by atoms with van der Waals surface area (Å²) < 4.78 is 50.3. The molecule has 6 nitrogen and oxygen atoms in total. The molecular formula is C32H30F3NO5. The summed E-state index contributed by atoms with van der Waals surface area (Å²) in [6.07, 6.45) is -1.31. The van der Waals surface area contributed by atoms with E-state index in [2.05, 4.69) is 4.74 Å². The molecule has 0 fully saturated rings. The Morgan fingerprint density at radius 3 is 2.22 bits per heavy atom. The summed E-state index contributed by atoms with van der Waals surface area (Å²) in [6.45, 7) is 7.16. The lowest BCUT2D eigenvalue weighted by molar-refractivity contribution is -0.274. The second-order valence-electron chi connectivity index (χ2n) is 10.2. The summed E-state index contributed by atoms with van der Waals surface area (Å²) in [5.74, 6) is -1.73. The zero-order chi connectivity index (χ0) is 29.9. The van der Waals surface area contributed by atoms with E-state index < -0.39 is 23.7 Å². The molecule has 0 aliphatic carbocycles. The zero-order valence-electron chi connectivity index (χ0n) is 23.1. The maximum atomic E-state index is 13.6. The van der Waals surface area contributed by atoms with Gasteiger partial charge in [0.1, 0.15) is 5.75 Å². The van der Waals surface area contributed by atoms with Gasteiger partial charge in [0.2, 0.25) is 0 Å². The molecule has 1 N–H and O–H groups in total. The van der Waals surface area contributed by atoms with Crippen LogP contribution in [0.15, 0.2) is 72.8 Å². The first-order valence-electron chi connectivity index (χ1n) is 12.9. The lowest BCUT2D eigenvalue weighted by Crippen LogP contribution is -2.34. The predicted octanol–water partition coefficient (Wildman–Crippen LogP) is 7.33. The fourth-order valence-corrected chi connectivity index (χ4v) is 4.42. The van der Waals surface area contributed by atoms with Crippen LogP contribution in [0.2, 0.25) is 0 Å². The van der Waals surface area contributed by atoms with Crippen LogP contribution in [-0.4, -0.2) is 40.0 Å². The number of hydrogen-bond acceptors (Lipinski definition) is 4. The van der Waals surface area contributed by atoms with E-state index in [0.717, 1.165) is 16.7 Å². The Kier molecular flexibility index (Phi) is 8.39. The number of ketones is 1. The summed E-state index contributed by atoms with van der Waals surface area (Å²) in [7, 11) is 0. The van der Waals surface area contributed by atoms with Crippen molar-refractivity contribution in [3.8, 4) is 5.75 Å². The smallest absolute Gasteiger partial charge is 0.479 e. The zero-order valence-corrected chi connectivity index (χ0v) is 23.1. The van der Waals surface area contributed by atoms with Gasteiger partial charge in [-0.25, -0.2) is 4.79 Å². The topological polar surface area (TPSA) is 77.8 Å². The maximum Gasteiger partial charge on any atom is 0.573 e. The van der Waals surface area contributed by atoms with Crippen LogP contribution in [0.4, 0.5) is 13.2 Å². The third-order valence-corrected chi connectivity index (χ3v) is 6.76. The van der Waals surface area contributed by atoms with Gasteiger partial charge in [-0.2, -0.15) is 0 Å². The van der Waals surface area contributed by atoms with Crippen molar-refractivity contribution in [2.75, 3.05) is 6.61 Å². The number of hydrogen-bond donors (Lipinski definition) is 1. The average Bonchev–Trinajstić information content (AvgIpc) is 3.16. The summed E-state index contributed by atoms with van der Waals surface area (Å²) >= 11 is 0. The molecule has 0 unspecified atom stereocenters. The molecule has 3 aromatic carbocycles. The molecule has 0 saturated heterocycles. The first-order chi connectivity index (χ1) is 19.2. The van der Waals surface area contributed by atoms with Crippen molar-refractivity contribution in [3.63, 3.8) is 0 Å². The summed E-state index contributed by atoms with van der Waals surface area (Å²) in [5, 5.41) is 9.51. The number of carbonyl (C=O) groups is 2. The molecular weight excluding hydrogens is 535 g/mol. The number of fused-ring (bicyclic) bond motifs is 1. The Hall–Kier alpha value is -4.37. The van der Waals surface area contributed by atoms with Gasteiger partial charge >= 0.3 is 12.3 Å². The molecule has 4 rings (SSSR count). The first-order valence-corrected chi connectivity index (χ1v) is 12.9. The van der Waals surface area contributed by atoms with Crippen molar-refractivity contribution in [2.45, 2.75) is 46.2 Å². The van der Waals surface area contributed by atoms with E-state index in [1.165, 1.54) is 32.0 Å². The molecule has 1 aromatic heterocycles. The van der Waals surface area contributed by atoms with E-state index in [0.29, 0.717) is 34.3 Å². The SMILES string of the molecule is Cc1ccc(C(=O)c2c(C)n(Cc3ccc(C=CCOC(C)(C)C(=O)O)cc3)c3ccc(OC(F)(F)F)cc23)cc1. The number of aryl methyl sites for hydroxylation is 1. The van der Waals surface area contributed by atoms with Gasteiger partial charge in [0.15, 0.2) is 11.4 Å². The minimum absolute atomic E-state index is 0.132. The molecule has 0 aliphatic heterocycles. The molecule has 0 atom stereocenters. The molecule has 9 heteroatoms. The number of alkyl halides is 3. The van der Waals surface area contributed by atoms with Gasteiger partial charge < -0.3 is 19.1 Å². The molecule has 0 spiro atoms. The molecule has 214 valence electrons. The number of aliphatic carboxylic acids is 1. The standard InChI is InChI=1S/C32H30F3NO5/c1-20-7-13-24(14-8-20)29(37)28-21(2)36(27-16-15-25(18-26(27)28)41-32(33,34)35)19-23-11-9-22(10-12-23)6-5-17-40-31(3,4)30(38)39/h5-16,18H,17,19H2,1-4H3,(H,38,39). The van der Waals surface area contributed by atoms with E-state index in [-0.39, 0.29) is 12.4 Å². The van der Waals surface area contributed by atoms with Crippen LogP contribution in [-0.2, 0) is 16.1 Å². The van der Waals surface area contributed by atoms with Crippen LogP contribution in [0.1, 0.15) is 52.2 Å². The number of benzene rings is 3. The van der Waals surface area contributed by atoms with E-state index in [4.69, 9.17) is 9.84 Å². The van der Waals surface area contributed by atoms with Gasteiger partial charge in [-0.05, 0) is 57.0 Å². The largest absolute Gasteiger partial charge is 0.573 e. The number of carboxylic acids is 1. The van der Waals surface area contributed by atoms with Crippen molar-refractivity contribution in [1.82, 2.24) is 4.57 Å². The second kappa shape index (κ2) is 11.6. The number of nitrogens with zero attached hydrogens (tertiary/aromatic N) is 1. The van der Waals surface area contributed by atoms with Gasteiger partial charge in [-0.15, -0.1) is 13.2 Å². The normalized spacial score (nSPS) is 12.3. The first kappa shape index (κ1) is 29.6. The van der Waals surface area contributed by atoms with Gasteiger partial charge in [-0.1, -0.05) is 66.2 Å². The highest BCUT2D eigenvalue weighted by atomic mass is 19.4. The lowest BCUT2D eigenvalue weighted by Gasteiger charge is -2.18. The van der Waals surface area contributed by atoms with Gasteiger partial charge in [0.05, 0.1) is 12.2 Å². The maximum absolute atomic E-state index is 13.6. The highest BCUT2D eigenvalue weighted by molar-refractivity contribution is 6.17. The Balaban J connectivity index is 1.64. The van der Waals surface area contributed by atoms with Crippen LogP contribution in [0, 0.1) is 13.8 Å². The van der Waals surface area contributed by atoms with Crippen LogP contribution >= 0.6 is 0 Å². The minimum Gasteiger partial charge on any atom is -0.479 e. The molecule has 4 aromatic rings. The summed E-state index contributed by atoms with van der Waals surface area (Å²) in [5.41, 5.74) is 3.47. The Bertz CT molecular complexity index is 1600. The monoisotopic (exact) mass is 565 g/mol.